The highest BCUT2D eigenvalue weighted by atomic mass is 19.4. The lowest BCUT2D eigenvalue weighted by atomic mass is 10.1. The molecule has 2 aliphatic rings. The maximum absolute atomic E-state index is 12.8. The third-order valence-electron chi connectivity index (χ3n) is 4.96. The molecule has 28 heavy (non-hydrogen) atoms. The SMILES string of the molecule is Cc1nc(C(=O)N2C[C@@H]3COC[C@H](C2)N(c2ccc(C(F)(F)F)cn2)C3)co1. The van der Waals surface area contributed by atoms with Gasteiger partial charge in [-0.25, -0.2) is 9.97 Å². The van der Waals surface area contributed by atoms with E-state index in [1.807, 2.05) is 4.90 Å². The van der Waals surface area contributed by atoms with Gasteiger partial charge in [-0.15, -0.1) is 0 Å². The van der Waals surface area contributed by atoms with Crippen molar-refractivity contribution < 1.29 is 27.1 Å². The average Bonchev–Trinajstić information content (AvgIpc) is 2.87. The molecule has 2 fully saturated rings. The Hall–Kier alpha value is -2.62. The Morgan fingerprint density at radius 1 is 1.21 bits per heavy atom. The molecule has 7 nitrogen and oxygen atoms in total. The van der Waals surface area contributed by atoms with Gasteiger partial charge in [0.15, 0.2) is 11.6 Å². The highest BCUT2D eigenvalue weighted by molar-refractivity contribution is 5.92. The van der Waals surface area contributed by atoms with Crippen LogP contribution < -0.4 is 4.90 Å². The molecule has 2 saturated heterocycles. The molecule has 2 aromatic heterocycles. The van der Waals surface area contributed by atoms with E-state index in [1.165, 1.54) is 12.3 Å². The number of ether oxygens (including phenoxy) is 1. The van der Waals surface area contributed by atoms with Gasteiger partial charge < -0.3 is 19.0 Å². The highest BCUT2D eigenvalue weighted by Crippen LogP contribution is 2.31. The molecule has 4 rings (SSSR count). The molecule has 0 unspecified atom stereocenters. The van der Waals surface area contributed by atoms with Crippen LogP contribution in [0.4, 0.5) is 19.0 Å². The minimum absolute atomic E-state index is 0.00791. The summed E-state index contributed by atoms with van der Waals surface area (Å²) in [6.07, 6.45) is -2.25. The molecule has 0 saturated carbocycles. The average molecular weight is 396 g/mol. The Labute approximate surface area is 159 Å². The summed E-state index contributed by atoms with van der Waals surface area (Å²) in [7, 11) is 0. The summed E-state index contributed by atoms with van der Waals surface area (Å²) in [6.45, 7) is 3.88. The third kappa shape index (κ3) is 3.68. The maximum atomic E-state index is 12.8. The zero-order valence-electron chi connectivity index (χ0n) is 15.1. The van der Waals surface area contributed by atoms with Crippen molar-refractivity contribution in [2.24, 2.45) is 5.92 Å². The van der Waals surface area contributed by atoms with Crippen LogP contribution in [0.15, 0.2) is 29.0 Å². The number of nitrogens with zero attached hydrogens (tertiary/aromatic N) is 4. The Balaban J connectivity index is 1.57. The smallest absolute Gasteiger partial charge is 0.417 e. The van der Waals surface area contributed by atoms with Gasteiger partial charge in [-0.2, -0.15) is 13.2 Å². The molecule has 0 N–H and O–H groups in total. The van der Waals surface area contributed by atoms with Crippen molar-refractivity contribution in [3.05, 3.63) is 41.7 Å². The fourth-order valence-electron chi connectivity index (χ4n) is 3.64. The Morgan fingerprint density at radius 2 is 2.04 bits per heavy atom. The lowest BCUT2D eigenvalue weighted by Crippen LogP contribution is -2.46. The van der Waals surface area contributed by atoms with E-state index in [1.54, 1.807) is 11.8 Å². The molecule has 2 bridgehead atoms. The molecule has 2 atom stereocenters. The first-order chi connectivity index (χ1) is 13.3. The topological polar surface area (TPSA) is 71.7 Å². The van der Waals surface area contributed by atoms with E-state index in [0.717, 1.165) is 12.3 Å². The molecule has 10 heteroatoms. The van der Waals surface area contributed by atoms with E-state index in [0.29, 0.717) is 44.6 Å². The van der Waals surface area contributed by atoms with Crippen LogP contribution in [0.1, 0.15) is 21.9 Å². The predicted octanol–water partition coefficient (Wildman–Crippen LogP) is 2.37. The number of carbonyl (C=O) groups is 1. The lowest BCUT2D eigenvalue weighted by molar-refractivity contribution is -0.137. The normalized spacial score (nSPS) is 22.9. The predicted molar refractivity (Wildman–Crippen MR) is 91.8 cm³/mol. The maximum Gasteiger partial charge on any atom is 0.417 e. The minimum Gasteiger partial charge on any atom is -0.448 e. The summed E-state index contributed by atoms with van der Waals surface area (Å²) in [5, 5.41) is 0. The molecule has 150 valence electrons. The zero-order valence-corrected chi connectivity index (χ0v) is 15.1. The summed E-state index contributed by atoms with van der Waals surface area (Å²) in [5.74, 6) is 0.641. The van der Waals surface area contributed by atoms with E-state index in [2.05, 4.69) is 9.97 Å². The minimum atomic E-state index is -4.43. The van der Waals surface area contributed by atoms with Crippen LogP contribution in [-0.4, -0.2) is 59.7 Å². The van der Waals surface area contributed by atoms with Gasteiger partial charge in [0.1, 0.15) is 12.1 Å². The summed E-state index contributed by atoms with van der Waals surface area (Å²) in [5.41, 5.74) is -0.541. The van der Waals surface area contributed by atoms with Crippen molar-refractivity contribution in [2.75, 3.05) is 37.7 Å². The molecule has 0 spiro atoms. The zero-order chi connectivity index (χ0) is 19.9. The first-order valence-corrected chi connectivity index (χ1v) is 8.90. The van der Waals surface area contributed by atoms with Crippen molar-refractivity contribution in [1.82, 2.24) is 14.9 Å². The molecule has 2 aromatic rings. The van der Waals surface area contributed by atoms with E-state index >= 15 is 0 Å². The Kier molecular flexibility index (Phi) is 4.74. The van der Waals surface area contributed by atoms with Gasteiger partial charge in [0.05, 0.1) is 24.8 Å². The fourth-order valence-corrected chi connectivity index (χ4v) is 3.64. The van der Waals surface area contributed by atoms with Crippen LogP contribution in [0.25, 0.3) is 0 Å². The first-order valence-electron chi connectivity index (χ1n) is 8.90. The second-order valence-corrected chi connectivity index (χ2v) is 7.07. The summed E-state index contributed by atoms with van der Waals surface area (Å²) in [6, 6.07) is 2.18. The summed E-state index contributed by atoms with van der Waals surface area (Å²) >= 11 is 0. The van der Waals surface area contributed by atoms with Gasteiger partial charge in [-0.1, -0.05) is 0 Å². The van der Waals surface area contributed by atoms with Crippen molar-refractivity contribution in [3.8, 4) is 0 Å². The van der Waals surface area contributed by atoms with Crippen LogP contribution in [0.3, 0.4) is 0 Å². The van der Waals surface area contributed by atoms with Crippen molar-refractivity contribution in [1.29, 1.82) is 0 Å². The van der Waals surface area contributed by atoms with Gasteiger partial charge in [-0.05, 0) is 12.1 Å². The number of oxazole rings is 1. The van der Waals surface area contributed by atoms with E-state index in [4.69, 9.17) is 9.15 Å². The third-order valence-corrected chi connectivity index (χ3v) is 4.96. The van der Waals surface area contributed by atoms with Gasteiger partial charge in [0.2, 0.25) is 0 Å². The molecule has 0 aromatic carbocycles. The lowest BCUT2D eigenvalue weighted by Gasteiger charge is -2.31. The van der Waals surface area contributed by atoms with Gasteiger partial charge in [-0.3, -0.25) is 4.79 Å². The van der Waals surface area contributed by atoms with E-state index in [9.17, 15) is 18.0 Å². The summed E-state index contributed by atoms with van der Waals surface area (Å²) in [4.78, 5) is 24.6. The Morgan fingerprint density at radius 3 is 2.68 bits per heavy atom. The second kappa shape index (κ2) is 7.08. The second-order valence-electron chi connectivity index (χ2n) is 7.07. The van der Waals surface area contributed by atoms with Gasteiger partial charge >= 0.3 is 6.18 Å². The van der Waals surface area contributed by atoms with Crippen LogP contribution in [0, 0.1) is 12.8 Å². The molecule has 1 amide bonds. The fraction of sp³-hybridized carbons (Fsp3) is 0.500. The van der Waals surface area contributed by atoms with Crippen LogP contribution in [-0.2, 0) is 10.9 Å². The number of anilines is 1. The number of amides is 1. The number of hydrogen-bond donors (Lipinski definition) is 0. The quantitative estimate of drug-likeness (QED) is 0.776. The Bertz CT molecular complexity index is 853. The van der Waals surface area contributed by atoms with Gasteiger partial charge in [0, 0.05) is 38.7 Å². The van der Waals surface area contributed by atoms with Crippen molar-refractivity contribution in [2.45, 2.75) is 19.1 Å². The molecular formula is C18H19F3N4O3. The van der Waals surface area contributed by atoms with Crippen LogP contribution >= 0.6 is 0 Å². The number of pyridine rings is 1. The number of aryl methyl sites for hydroxylation is 1. The van der Waals surface area contributed by atoms with E-state index in [-0.39, 0.29) is 23.6 Å². The van der Waals surface area contributed by atoms with Crippen LogP contribution in [0.5, 0.6) is 0 Å². The highest BCUT2D eigenvalue weighted by Gasteiger charge is 2.37. The number of hydrogen-bond acceptors (Lipinski definition) is 6. The number of carbonyl (C=O) groups excluding carboxylic acids is 1. The number of fused-ring (bicyclic) bond motifs is 3. The largest absolute Gasteiger partial charge is 0.448 e. The number of alkyl halides is 3. The summed E-state index contributed by atoms with van der Waals surface area (Å²) < 4.78 is 49.3. The number of rotatable bonds is 2. The molecule has 2 aliphatic heterocycles. The van der Waals surface area contributed by atoms with Crippen molar-refractivity contribution in [3.63, 3.8) is 0 Å². The molecule has 0 aliphatic carbocycles. The standard InChI is InChI=1S/C18H19F3N4O3/c1-11-23-15(10-28-11)17(26)24-5-12-6-25(14(7-24)9-27-8-12)16-3-2-13(4-22-16)18(19,20)21/h2-4,10,12,14H,5-9H2,1H3/t12-,14-/m0/s1. The van der Waals surface area contributed by atoms with Gasteiger partial charge in [0.25, 0.3) is 5.91 Å². The number of aromatic nitrogens is 2. The number of halogens is 3. The first kappa shape index (κ1) is 18.7. The molecule has 4 heterocycles. The molecule has 0 radical (unpaired) electrons. The van der Waals surface area contributed by atoms with E-state index < -0.39 is 11.7 Å². The van der Waals surface area contributed by atoms with Crippen LogP contribution in [0.2, 0.25) is 0 Å². The molecular weight excluding hydrogens is 377 g/mol. The monoisotopic (exact) mass is 396 g/mol. The van der Waals surface area contributed by atoms with Crippen molar-refractivity contribution >= 4 is 11.7 Å².